The van der Waals surface area contributed by atoms with E-state index in [-0.39, 0.29) is 6.10 Å². The van der Waals surface area contributed by atoms with Crippen LogP contribution in [0.2, 0.25) is 0 Å². The lowest BCUT2D eigenvalue weighted by atomic mass is 10.1. The lowest BCUT2D eigenvalue weighted by Gasteiger charge is -2.16. The lowest BCUT2D eigenvalue weighted by molar-refractivity contribution is 0.229. The number of hydrogen-bond donors (Lipinski definition) is 1. The molecule has 0 bridgehead atoms. The molecule has 20 heavy (non-hydrogen) atoms. The van der Waals surface area contributed by atoms with E-state index in [9.17, 15) is 0 Å². The van der Waals surface area contributed by atoms with Gasteiger partial charge in [0.2, 0.25) is 5.88 Å². The van der Waals surface area contributed by atoms with Crippen LogP contribution in [0.1, 0.15) is 65.4 Å². The number of nitrogens with one attached hydrogen (secondary N) is 1. The molecule has 1 atom stereocenters. The Morgan fingerprint density at radius 2 is 2.00 bits per heavy atom. The summed E-state index contributed by atoms with van der Waals surface area (Å²) in [5.74, 6) is 0.758. The van der Waals surface area contributed by atoms with E-state index < -0.39 is 0 Å². The fourth-order valence-corrected chi connectivity index (χ4v) is 2.15. The molecule has 114 valence electrons. The molecule has 1 N–H and O–H groups in total. The summed E-state index contributed by atoms with van der Waals surface area (Å²) < 4.78 is 5.74. The monoisotopic (exact) mass is 278 g/mol. The quantitative estimate of drug-likeness (QED) is 0.647. The molecule has 3 heteroatoms. The molecule has 0 saturated heterocycles. The van der Waals surface area contributed by atoms with Crippen LogP contribution in [0.25, 0.3) is 0 Å². The number of aromatic nitrogens is 1. The fourth-order valence-electron chi connectivity index (χ4n) is 2.15. The molecule has 0 fully saturated rings. The van der Waals surface area contributed by atoms with Crippen molar-refractivity contribution in [3.05, 3.63) is 23.9 Å². The van der Waals surface area contributed by atoms with Crippen molar-refractivity contribution in [3.8, 4) is 5.88 Å². The van der Waals surface area contributed by atoms with Gasteiger partial charge in [-0.15, -0.1) is 0 Å². The summed E-state index contributed by atoms with van der Waals surface area (Å²) in [7, 11) is 0. The van der Waals surface area contributed by atoms with Gasteiger partial charge in [0.05, 0.1) is 6.10 Å². The van der Waals surface area contributed by atoms with Crippen molar-refractivity contribution in [2.24, 2.45) is 0 Å². The summed E-state index contributed by atoms with van der Waals surface area (Å²) in [5.41, 5.74) is 1.14. The van der Waals surface area contributed by atoms with Gasteiger partial charge in [-0.25, -0.2) is 4.98 Å². The van der Waals surface area contributed by atoms with E-state index in [1.54, 1.807) is 6.20 Å². The predicted molar refractivity (Wildman–Crippen MR) is 85.1 cm³/mol. The summed E-state index contributed by atoms with van der Waals surface area (Å²) in [6.45, 7) is 9.39. The number of nitrogens with zero attached hydrogens (tertiary/aromatic N) is 1. The molecule has 0 aliphatic carbocycles. The van der Waals surface area contributed by atoms with Gasteiger partial charge in [-0.3, -0.25) is 0 Å². The average Bonchev–Trinajstić information content (AvgIpc) is 2.42. The van der Waals surface area contributed by atoms with E-state index in [4.69, 9.17) is 4.74 Å². The van der Waals surface area contributed by atoms with Crippen molar-refractivity contribution in [1.29, 1.82) is 0 Å². The molecule has 1 rings (SSSR count). The van der Waals surface area contributed by atoms with E-state index >= 15 is 0 Å². The Morgan fingerprint density at radius 3 is 2.70 bits per heavy atom. The first-order valence-corrected chi connectivity index (χ1v) is 7.97. The zero-order chi connectivity index (χ0) is 14.8. The Bertz CT molecular complexity index is 366. The smallest absolute Gasteiger partial charge is 0.218 e. The van der Waals surface area contributed by atoms with Crippen LogP contribution in [0, 0.1) is 0 Å². The molecule has 0 saturated carbocycles. The summed E-state index contributed by atoms with van der Waals surface area (Å²) in [6, 6.07) is 4.59. The first-order valence-electron chi connectivity index (χ1n) is 7.97. The molecular formula is C17H30N2O. The largest absolute Gasteiger partial charge is 0.475 e. The second kappa shape index (κ2) is 9.76. The molecule has 0 amide bonds. The molecule has 0 aromatic carbocycles. The standard InChI is InChI=1S/C17H30N2O/c1-5-6-7-8-10-15(4)19-13-16-11-9-12-18-17(16)20-14(2)3/h9,11-12,14-15,19H,5-8,10,13H2,1-4H3. The van der Waals surface area contributed by atoms with Gasteiger partial charge in [-0.2, -0.15) is 0 Å². The number of rotatable bonds is 10. The predicted octanol–water partition coefficient (Wildman–Crippen LogP) is 4.32. The Kier molecular flexibility index (Phi) is 8.28. The minimum Gasteiger partial charge on any atom is -0.475 e. The maximum atomic E-state index is 5.74. The van der Waals surface area contributed by atoms with Gasteiger partial charge in [0.1, 0.15) is 0 Å². The molecule has 1 aromatic heterocycles. The first-order chi connectivity index (χ1) is 9.63. The second-order valence-electron chi connectivity index (χ2n) is 5.77. The van der Waals surface area contributed by atoms with Gasteiger partial charge >= 0.3 is 0 Å². The van der Waals surface area contributed by atoms with Crippen LogP contribution in [0.3, 0.4) is 0 Å². The SMILES string of the molecule is CCCCCCC(C)NCc1cccnc1OC(C)C. The van der Waals surface area contributed by atoms with Crippen LogP contribution in [0.5, 0.6) is 5.88 Å². The van der Waals surface area contributed by atoms with Gasteiger partial charge in [0, 0.05) is 24.3 Å². The highest BCUT2D eigenvalue weighted by Gasteiger charge is 2.08. The van der Waals surface area contributed by atoms with Crippen LogP contribution in [-0.4, -0.2) is 17.1 Å². The van der Waals surface area contributed by atoms with Gasteiger partial charge in [0.25, 0.3) is 0 Å². The maximum absolute atomic E-state index is 5.74. The van der Waals surface area contributed by atoms with Gasteiger partial charge in [-0.05, 0) is 33.3 Å². The van der Waals surface area contributed by atoms with Crippen molar-refractivity contribution >= 4 is 0 Å². The van der Waals surface area contributed by atoms with Gasteiger partial charge in [-0.1, -0.05) is 38.7 Å². The minimum atomic E-state index is 0.162. The first kappa shape index (κ1) is 17.0. The third kappa shape index (κ3) is 6.90. The van der Waals surface area contributed by atoms with Crippen LogP contribution in [-0.2, 0) is 6.54 Å². The molecule has 0 radical (unpaired) electrons. The van der Waals surface area contributed by atoms with Gasteiger partial charge < -0.3 is 10.1 Å². The zero-order valence-corrected chi connectivity index (χ0v) is 13.5. The summed E-state index contributed by atoms with van der Waals surface area (Å²) in [6.07, 6.45) is 8.49. The number of ether oxygens (including phenoxy) is 1. The summed E-state index contributed by atoms with van der Waals surface area (Å²) in [5, 5.41) is 3.57. The van der Waals surface area contributed by atoms with E-state index in [0.717, 1.165) is 18.0 Å². The average molecular weight is 278 g/mol. The zero-order valence-electron chi connectivity index (χ0n) is 13.5. The van der Waals surface area contributed by atoms with Crippen LogP contribution in [0.15, 0.2) is 18.3 Å². The molecule has 0 spiro atoms. The molecule has 0 aliphatic heterocycles. The highest BCUT2D eigenvalue weighted by Crippen LogP contribution is 2.16. The molecular weight excluding hydrogens is 248 g/mol. The van der Waals surface area contributed by atoms with Gasteiger partial charge in [0.15, 0.2) is 0 Å². The third-order valence-electron chi connectivity index (χ3n) is 3.33. The lowest BCUT2D eigenvalue weighted by Crippen LogP contribution is -2.26. The van der Waals surface area contributed by atoms with Crippen LogP contribution in [0.4, 0.5) is 0 Å². The highest BCUT2D eigenvalue weighted by atomic mass is 16.5. The van der Waals surface area contributed by atoms with Crippen LogP contribution < -0.4 is 10.1 Å². The topological polar surface area (TPSA) is 34.2 Å². The normalized spacial score (nSPS) is 12.7. The number of hydrogen-bond acceptors (Lipinski definition) is 3. The van der Waals surface area contributed by atoms with Crippen molar-refractivity contribution in [3.63, 3.8) is 0 Å². The Balaban J connectivity index is 2.37. The number of pyridine rings is 1. The highest BCUT2D eigenvalue weighted by molar-refractivity contribution is 5.25. The molecule has 1 unspecified atom stereocenters. The third-order valence-corrected chi connectivity index (χ3v) is 3.33. The summed E-state index contributed by atoms with van der Waals surface area (Å²) in [4.78, 5) is 4.32. The molecule has 1 aromatic rings. The Morgan fingerprint density at radius 1 is 1.20 bits per heavy atom. The molecule has 0 aliphatic rings. The van der Waals surface area contributed by atoms with Crippen molar-refractivity contribution in [2.45, 2.75) is 78.5 Å². The van der Waals surface area contributed by atoms with Crippen molar-refractivity contribution < 1.29 is 4.74 Å². The van der Waals surface area contributed by atoms with Crippen molar-refractivity contribution in [2.75, 3.05) is 0 Å². The van der Waals surface area contributed by atoms with E-state index in [1.807, 2.05) is 19.9 Å². The minimum absolute atomic E-state index is 0.162. The Hall–Kier alpha value is -1.09. The molecule has 3 nitrogen and oxygen atoms in total. The maximum Gasteiger partial charge on any atom is 0.218 e. The van der Waals surface area contributed by atoms with Crippen molar-refractivity contribution in [1.82, 2.24) is 10.3 Å². The van der Waals surface area contributed by atoms with Crippen LogP contribution >= 0.6 is 0 Å². The molecule has 1 heterocycles. The van der Waals surface area contributed by atoms with E-state index in [0.29, 0.717) is 6.04 Å². The second-order valence-corrected chi connectivity index (χ2v) is 5.77. The fraction of sp³-hybridized carbons (Fsp3) is 0.706. The van der Waals surface area contributed by atoms with E-state index in [2.05, 4.69) is 30.2 Å². The van der Waals surface area contributed by atoms with E-state index in [1.165, 1.54) is 32.1 Å². The Labute approximate surface area is 124 Å². The number of unbranched alkanes of at least 4 members (excludes halogenated alkanes) is 3. The summed E-state index contributed by atoms with van der Waals surface area (Å²) >= 11 is 0.